The number of nitrogens with zero attached hydrogens (tertiary/aromatic N) is 3. The van der Waals surface area contributed by atoms with Crippen molar-refractivity contribution in [2.75, 3.05) is 24.3 Å². The van der Waals surface area contributed by atoms with Gasteiger partial charge in [0.15, 0.2) is 0 Å². The van der Waals surface area contributed by atoms with Crippen molar-refractivity contribution < 1.29 is 0 Å². The van der Waals surface area contributed by atoms with Gasteiger partial charge < -0.3 is 10.2 Å². The second-order valence-corrected chi connectivity index (χ2v) is 5.05. The number of rotatable bonds is 4. The topological polar surface area (TPSA) is 41.0 Å². The highest BCUT2D eigenvalue weighted by Gasteiger charge is 2.00. The van der Waals surface area contributed by atoms with E-state index in [1.807, 2.05) is 43.4 Å². The summed E-state index contributed by atoms with van der Waals surface area (Å²) in [5.74, 6) is 1.82. The van der Waals surface area contributed by atoms with Crippen molar-refractivity contribution in [3.8, 4) is 0 Å². The molecule has 0 atom stereocenters. The maximum atomic E-state index is 4.28. The van der Waals surface area contributed by atoms with E-state index in [4.69, 9.17) is 0 Å². The molecule has 0 amide bonds. The third kappa shape index (κ3) is 3.43. The van der Waals surface area contributed by atoms with Crippen LogP contribution in [0.1, 0.15) is 5.56 Å². The summed E-state index contributed by atoms with van der Waals surface area (Å²) in [5, 5.41) is 3.28. The second-order valence-electron chi connectivity index (χ2n) is 4.13. The SMILES string of the molecule is CN(C)c1cc(CNc2ccc(Br)cn2)ccn1. The Balaban J connectivity index is 2.01. The third-order valence-corrected chi connectivity index (χ3v) is 2.94. The predicted molar refractivity (Wildman–Crippen MR) is 77.8 cm³/mol. The van der Waals surface area contributed by atoms with Gasteiger partial charge in [0.25, 0.3) is 0 Å². The van der Waals surface area contributed by atoms with Crippen LogP contribution in [0.4, 0.5) is 11.6 Å². The molecule has 5 heteroatoms. The van der Waals surface area contributed by atoms with Crippen molar-refractivity contribution in [3.63, 3.8) is 0 Å². The van der Waals surface area contributed by atoms with Crippen LogP contribution < -0.4 is 10.2 Å². The van der Waals surface area contributed by atoms with Gasteiger partial charge in [-0.2, -0.15) is 0 Å². The van der Waals surface area contributed by atoms with Gasteiger partial charge in [0.2, 0.25) is 0 Å². The summed E-state index contributed by atoms with van der Waals surface area (Å²) >= 11 is 3.36. The molecule has 0 aliphatic heterocycles. The van der Waals surface area contributed by atoms with E-state index in [-0.39, 0.29) is 0 Å². The Morgan fingerprint density at radius 3 is 2.72 bits per heavy atom. The summed E-state index contributed by atoms with van der Waals surface area (Å²) in [6, 6.07) is 7.97. The zero-order chi connectivity index (χ0) is 13.0. The fourth-order valence-electron chi connectivity index (χ4n) is 1.49. The Labute approximate surface area is 115 Å². The molecule has 0 unspecified atom stereocenters. The Morgan fingerprint density at radius 1 is 1.22 bits per heavy atom. The standard InChI is InChI=1S/C13H15BrN4/c1-18(2)13-7-10(5-6-15-13)8-16-12-4-3-11(14)9-17-12/h3-7,9H,8H2,1-2H3,(H,16,17). The average Bonchev–Trinajstić information content (AvgIpc) is 2.38. The van der Waals surface area contributed by atoms with Gasteiger partial charge in [-0.3, -0.25) is 0 Å². The smallest absolute Gasteiger partial charge is 0.128 e. The van der Waals surface area contributed by atoms with E-state index in [0.29, 0.717) is 0 Å². The average molecular weight is 307 g/mol. The normalized spacial score (nSPS) is 10.2. The van der Waals surface area contributed by atoms with Crippen molar-refractivity contribution in [2.24, 2.45) is 0 Å². The Kier molecular flexibility index (Phi) is 4.15. The number of nitrogens with one attached hydrogen (secondary N) is 1. The molecule has 0 saturated carbocycles. The number of hydrogen-bond acceptors (Lipinski definition) is 4. The first-order valence-corrected chi connectivity index (χ1v) is 6.42. The van der Waals surface area contributed by atoms with Gasteiger partial charge in [0.1, 0.15) is 11.6 Å². The lowest BCUT2D eigenvalue weighted by Gasteiger charge is -2.12. The molecular weight excluding hydrogens is 292 g/mol. The Bertz CT molecular complexity index is 511. The van der Waals surface area contributed by atoms with Crippen LogP contribution >= 0.6 is 15.9 Å². The van der Waals surface area contributed by atoms with E-state index in [0.717, 1.165) is 22.7 Å². The highest BCUT2D eigenvalue weighted by atomic mass is 79.9. The zero-order valence-corrected chi connectivity index (χ0v) is 12.0. The largest absolute Gasteiger partial charge is 0.366 e. The van der Waals surface area contributed by atoms with Gasteiger partial charge >= 0.3 is 0 Å². The molecule has 0 aliphatic carbocycles. The van der Waals surface area contributed by atoms with Gasteiger partial charge in [-0.15, -0.1) is 0 Å². The van der Waals surface area contributed by atoms with Crippen LogP contribution in [0, 0.1) is 0 Å². The quantitative estimate of drug-likeness (QED) is 0.943. The lowest BCUT2D eigenvalue weighted by molar-refractivity contribution is 1.04. The van der Waals surface area contributed by atoms with Crippen molar-refractivity contribution in [2.45, 2.75) is 6.54 Å². The molecule has 0 radical (unpaired) electrons. The minimum Gasteiger partial charge on any atom is -0.366 e. The molecule has 0 aliphatic rings. The van der Waals surface area contributed by atoms with E-state index in [2.05, 4.69) is 37.3 Å². The molecule has 0 saturated heterocycles. The number of pyridine rings is 2. The molecule has 0 fully saturated rings. The van der Waals surface area contributed by atoms with E-state index in [1.54, 1.807) is 6.20 Å². The summed E-state index contributed by atoms with van der Waals surface area (Å²) < 4.78 is 0.979. The fourth-order valence-corrected chi connectivity index (χ4v) is 1.72. The number of halogens is 1. The molecule has 2 aromatic rings. The van der Waals surface area contributed by atoms with E-state index < -0.39 is 0 Å². The molecule has 2 rings (SSSR count). The maximum absolute atomic E-state index is 4.28. The molecule has 0 bridgehead atoms. The van der Waals surface area contributed by atoms with Gasteiger partial charge in [-0.25, -0.2) is 9.97 Å². The van der Waals surface area contributed by atoms with Crippen molar-refractivity contribution >= 4 is 27.6 Å². The summed E-state index contributed by atoms with van der Waals surface area (Å²) in [7, 11) is 3.96. The number of aromatic nitrogens is 2. The molecule has 94 valence electrons. The Morgan fingerprint density at radius 2 is 2.06 bits per heavy atom. The van der Waals surface area contributed by atoms with Crippen LogP contribution in [-0.2, 0) is 6.54 Å². The predicted octanol–water partition coefficient (Wildman–Crippen LogP) is 2.92. The van der Waals surface area contributed by atoms with Crippen LogP contribution in [0.15, 0.2) is 41.1 Å². The summed E-state index contributed by atoms with van der Waals surface area (Å²) in [5.41, 5.74) is 1.18. The highest BCUT2D eigenvalue weighted by Crippen LogP contribution is 2.13. The lowest BCUT2D eigenvalue weighted by atomic mass is 10.2. The fraction of sp³-hybridized carbons (Fsp3) is 0.231. The van der Waals surface area contributed by atoms with Crippen molar-refractivity contribution in [3.05, 3.63) is 46.7 Å². The maximum Gasteiger partial charge on any atom is 0.128 e. The Hall–Kier alpha value is -1.62. The van der Waals surface area contributed by atoms with Gasteiger partial charge in [0.05, 0.1) is 0 Å². The van der Waals surface area contributed by atoms with Crippen molar-refractivity contribution in [1.82, 2.24) is 9.97 Å². The first-order valence-electron chi connectivity index (χ1n) is 5.63. The van der Waals surface area contributed by atoms with Gasteiger partial charge in [0, 0.05) is 37.5 Å². The molecule has 2 aromatic heterocycles. The van der Waals surface area contributed by atoms with Gasteiger partial charge in [-0.05, 0) is 45.8 Å². The van der Waals surface area contributed by atoms with Crippen LogP contribution in [0.3, 0.4) is 0 Å². The molecular formula is C13H15BrN4. The van der Waals surface area contributed by atoms with Crippen LogP contribution in [-0.4, -0.2) is 24.1 Å². The first kappa shape index (κ1) is 12.8. The summed E-state index contributed by atoms with van der Waals surface area (Å²) in [6.07, 6.45) is 3.60. The molecule has 4 nitrogen and oxygen atoms in total. The number of hydrogen-bond donors (Lipinski definition) is 1. The number of anilines is 2. The second kappa shape index (κ2) is 5.82. The van der Waals surface area contributed by atoms with Gasteiger partial charge in [-0.1, -0.05) is 0 Å². The van der Waals surface area contributed by atoms with E-state index in [9.17, 15) is 0 Å². The highest BCUT2D eigenvalue weighted by molar-refractivity contribution is 9.10. The lowest BCUT2D eigenvalue weighted by Crippen LogP contribution is -2.11. The zero-order valence-electron chi connectivity index (χ0n) is 10.4. The molecule has 18 heavy (non-hydrogen) atoms. The molecule has 0 aromatic carbocycles. The minimum absolute atomic E-state index is 0.734. The third-order valence-electron chi connectivity index (χ3n) is 2.47. The molecule has 2 heterocycles. The van der Waals surface area contributed by atoms with Crippen LogP contribution in [0.2, 0.25) is 0 Å². The molecule has 0 spiro atoms. The summed E-state index contributed by atoms with van der Waals surface area (Å²) in [6.45, 7) is 0.734. The van der Waals surface area contributed by atoms with Crippen LogP contribution in [0.5, 0.6) is 0 Å². The first-order chi connectivity index (χ1) is 8.65. The molecule has 1 N–H and O–H groups in total. The monoisotopic (exact) mass is 306 g/mol. The van der Waals surface area contributed by atoms with E-state index in [1.165, 1.54) is 5.56 Å². The van der Waals surface area contributed by atoms with E-state index >= 15 is 0 Å². The van der Waals surface area contributed by atoms with Crippen molar-refractivity contribution in [1.29, 1.82) is 0 Å². The minimum atomic E-state index is 0.734. The summed E-state index contributed by atoms with van der Waals surface area (Å²) in [4.78, 5) is 10.5. The van der Waals surface area contributed by atoms with Crippen LogP contribution in [0.25, 0.3) is 0 Å².